The number of rotatable bonds is 3. The van der Waals surface area contributed by atoms with Crippen molar-refractivity contribution < 1.29 is 4.74 Å². The van der Waals surface area contributed by atoms with E-state index in [1.54, 1.807) is 0 Å². The van der Waals surface area contributed by atoms with Crippen LogP contribution in [-0.2, 0) is 13.0 Å². The summed E-state index contributed by atoms with van der Waals surface area (Å²) in [5.41, 5.74) is 9.52. The Morgan fingerprint density at radius 1 is 1.19 bits per heavy atom. The van der Waals surface area contributed by atoms with Crippen LogP contribution >= 0.6 is 15.9 Å². The van der Waals surface area contributed by atoms with Gasteiger partial charge in [0.05, 0.1) is 6.54 Å². The van der Waals surface area contributed by atoms with Crippen LogP contribution in [0.15, 0.2) is 46.9 Å². The zero-order chi connectivity index (χ0) is 14.7. The fourth-order valence-corrected chi connectivity index (χ4v) is 3.08. The lowest BCUT2D eigenvalue weighted by Crippen LogP contribution is -2.26. The first-order chi connectivity index (χ1) is 10.3. The summed E-state index contributed by atoms with van der Waals surface area (Å²) in [7, 11) is 0. The number of nitrogens with zero attached hydrogens (tertiary/aromatic N) is 1. The summed E-state index contributed by atoms with van der Waals surface area (Å²) in [6.45, 7) is 3.11. The number of ether oxygens (including phenoxy) is 1. The summed E-state index contributed by atoms with van der Waals surface area (Å²) in [5.74, 6) is 0.996. The van der Waals surface area contributed by atoms with Crippen LogP contribution in [0.1, 0.15) is 11.1 Å². The van der Waals surface area contributed by atoms with Crippen LogP contribution in [0.5, 0.6) is 5.75 Å². The number of hydrogen-bond donors (Lipinski definition) is 1. The van der Waals surface area contributed by atoms with Gasteiger partial charge in [-0.3, -0.25) is 0 Å². The molecule has 1 aliphatic rings. The summed E-state index contributed by atoms with van der Waals surface area (Å²) in [6.07, 6.45) is 0.890. The molecule has 0 bridgehead atoms. The van der Waals surface area contributed by atoms with Crippen molar-refractivity contribution >= 4 is 21.6 Å². The number of benzene rings is 2. The second-order valence-electron chi connectivity index (χ2n) is 5.19. The van der Waals surface area contributed by atoms with Crippen molar-refractivity contribution in [3.8, 4) is 5.75 Å². The quantitative estimate of drug-likeness (QED) is 0.926. The minimum Gasteiger partial charge on any atom is -0.491 e. The van der Waals surface area contributed by atoms with Crippen LogP contribution in [0.3, 0.4) is 0 Å². The van der Waals surface area contributed by atoms with E-state index in [2.05, 4.69) is 51.2 Å². The largest absolute Gasteiger partial charge is 0.491 e. The molecule has 0 unspecified atom stereocenters. The predicted octanol–water partition coefficient (Wildman–Crippen LogP) is 3.35. The number of anilines is 1. The number of fused-ring (bicyclic) bond motifs is 1. The first kappa shape index (κ1) is 14.4. The second-order valence-corrected chi connectivity index (χ2v) is 6.11. The van der Waals surface area contributed by atoms with E-state index >= 15 is 0 Å². The summed E-state index contributed by atoms with van der Waals surface area (Å²) in [4.78, 5) is 2.38. The molecule has 0 amide bonds. The molecule has 3 rings (SSSR count). The molecule has 4 heteroatoms. The van der Waals surface area contributed by atoms with Gasteiger partial charge >= 0.3 is 0 Å². The summed E-state index contributed by atoms with van der Waals surface area (Å²) >= 11 is 3.58. The van der Waals surface area contributed by atoms with Gasteiger partial charge in [0.25, 0.3) is 0 Å². The molecule has 0 saturated heterocycles. The normalized spacial score (nSPS) is 14.3. The minimum absolute atomic E-state index is 0.662. The van der Waals surface area contributed by atoms with Crippen molar-refractivity contribution in [1.82, 2.24) is 0 Å². The van der Waals surface area contributed by atoms with E-state index in [0.717, 1.165) is 29.7 Å². The Labute approximate surface area is 133 Å². The Kier molecular flexibility index (Phi) is 4.46. The molecule has 2 aromatic carbocycles. The van der Waals surface area contributed by atoms with Gasteiger partial charge in [-0.1, -0.05) is 40.2 Å². The first-order valence-electron chi connectivity index (χ1n) is 7.22. The topological polar surface area (TPSA) is 38.5 Å². The molecule has 0 atom stereocenters. The average molecular weight is 347 g/mol. The van der Waals surface area contributed by atoms with Crippen LogP contribution in [0.25, 0.3) is 0 Å². The maximum absolute atomic E-state index is 5.85. The first-order valence-corrected chi connectivity index (χ1v) is 8.01. The molecule has 2 N–H and O–H groups in total. The van der Waals surface area contributed by atoms with E-state index in [1.807, 2.05) is 12.1 Å². The van der Waals surface area contributed by atoms with Crippen molar-refractivity contribution in [2.24, 2.45) is 5.73 Å². The lowest BCUT2D eigenvalue weighted by Gasteiger charge is -2.25. The summed E-state index contributed by atoms with van der Waals surface area (Å²) in [5, 5.41) is 0. The van der Waals surface area contributed by atoms with Crippen LogP contribution in [0, 0.1) is 0 Å². The maximum atomic E-state index is 5.85. The van der Waals surface area contributed by atoms with Crippen LogP contribution < -0.4 is 15.4 Å². The van der Waals surface area contributed by atoms with Crippen LogP contribution in [0.4, 0.5) is 5.69 Å². The Morgan fingerprint density at radius 2 is 2.05 bits per heavy atom. The number of halogens is 1. The van der Waals surface area contributed by atoms with Crippen LogP contribution in [0.2, 0.25) is 0 Å². The third-order valence-electron chi connectivity index (χ3n) is 3.75. The van der Waals surface area contributed by atoms with Crippen molar-refractivity contribution in [3.63, 3.8) is 0 Å². The number of hydrogen-bond acceptors (Lipinski definition) is 3. The molecule has 0 aliphatic carbocycles. The van der Waals surface area contributed by atoms with Gasteiger partial charge in [0.2, 0.25) is 0 Å². The van der Waals surface area contributed by atoms with Crippen LogP contribution in [-0.4, -0.2) is 19.7 Å². The molecule has 3 nitrogen and oxygen atoms in total. The third-order valence-corrected chi connectivity index (χ3v) is 4.25. The van der Waals surface area contributed by atoms with E-state index in [1.165, 1.54) is 16.8 Å². The Morgan fingerprint density at radius 3 is 2.90 bits per heavy atom. The number of nitrogens with two attached hydrogens (primary N) is 1. The smallest absolute Gasteiger partial charge is 0.124 e. The molecular formula is C17H19BrN2O. The highest BCUT2D eigenvalue weighted by molar-refractivity contribution is 9.10. The lowest BCUT2D eigenvalue weighted by molar-refractivity contribution is 0.331. The standard InChI is InChI=1S/C17H19BrN2O/c18-15-6-5-13(7-8-19)16(11-15)20-9-10-21-17-4-2-1-3-14(17)12-20/h1-6,11H,7-10,12,19H2. The molecule has 0 fully saturated rings. The fraction of sp³-hybridized carbons (Fsp3) is 0.294. The van der Waals surface area contributed by atoms with E-state index in [9.17, 15) is 0 Å². The van der Waals surface area contributed by atoms with Gasteiger partial charge in [0.15, 0.2) is 0 Å². The van der Waals surface area contributed by atoms with E-state index in [-0.39, 0.29) is 0 Å². The van der Waals surface area contributed by atoms with E-state index < -0.39 is 0 Å². The van der Waals surface area contributed by atoms with Gasteiger partial charge < -0.3 is 15.4 Å². The summed E-state index contributed by atoms with van der Waals surface area (Å²) in [6, 6.07) is 14.7. The highest BCUT2D eigenvalue weighted by Crippen LogP contribution is 2.30. The van der Waals surface area contributed by atoms with E-state index in [0.29, 0.717) is 13.2 Å². The van der Waals surface area contributed by atoms with E-state index in [4.69, 9.17) is 10.5 Å². The molecule has 1 aliphatic heterocycles. The molecule has 0 aromatic heterocycles. The van der Waals surface area contributed by atoms with Crippen molar-refractivity contribution in [2.45, 2.75) is 13.0 Å². The van der Waals surface area contributed by atoms with Gasteiger partial charge in [-0.2, -0.15) is 0 Å². The Hall–Kier alpha value is -1.52. The average Bonchev–Trinajstić information content (AvgIpc) is 2.71. The molecule has 0 spiro atoms. The zero-order valence-corrected chi connectivity index (χ0v) is 13.5. The van der Waals surface area contributed by atoms with Crippen molar-refractivity contribution in [3.05, 3.63) is 58.1 Å². The van der Waals surface area contributed by atoms with Gasteiger partial charge in [-0.25, -0.2) is 0 Å². The minimum atomic E-state index is 0.662. The van der Waals surface area contributed by atoms with Gasteiger partial charge in [-0.05, 0) is 36.7 Å². The van der Waals surface area contributed by atoms with Gasteiger partial charge in [-0.15, -0.1) is 0 Å². The second kappa shape index (κ2) is 6.50. The molecule has 0 saturated carbocycles. The SMILES string of the molecule is NCCc1ccc(Br)cc1N1CCOc2ccccc2C1. The van der Waals surface area contributed by atoms with Crippen molar-refractivity contribution in [2.75, 3.05) is 24.6 Å². The highest BCUT2D eigenvalue weighted by atomic mass is 79.9. The fourth-order valence-electron chi connectivity index (χ4n) is 2.73. The molecule has 1 heterocycles. The summed E-state index contributed by atoms with van der Waals surface area (Å²) < 4.78 is 6.95. The molecule has 0 radical (unpaired) electrons. The third kappa shape index (κ3) is 3.22. The maximum Gasteiger partial charge on any atom is 0.124 e. The molecule has 110 valence electrons. The molecule has 2 aromatic rings. The van der Waals surface area contributed by atoms with Gasteiger partial charge in [0, 0.05) is 22.3 Å². The zero-order valence-electron chi connectivity index (χ0n) is 11.9. The van der Waals surface area contributed by atoms with Gasteiger partial charge in [0.1, 0.15) is 12.4 Å². The Balaban J connectivity index is 1.95. The predicted molar refractivity (Wildman–Crippen MR) is 89.9 cm³/mol. The lowest BCUT2D eigenvalue weighted by atomic mass is 10.1. The van der Waals surface area contributed by atoms with Crippen molar-refractivity contribution in [1.29, 1.82) is 0 Å². The molecular weight excluding hydrogens is 328 g/mol. The molecule has 21 heavy (non-hydrogen) atoms. The highest BCUT2D eigenvalue weighted by Gasteiger charge is 2.17. The Bertz CT molecular complexity index is 630. The number of para-hydroxylation sites is 1. The monoisotopic (exact) mass is 346 g/mol.